The lowest BCUT2D eigenvalue weighted by atomic mass is 10.3. The van der Waals surface area contributed by atoms with E-state index in [2.05, 4.69) is 5.32 Å². The number of hydrogen-bond donors (Lipinski definition) is 2. The minimum atomic E-state index is -0.169. The summed E-state index contributed by atoms with van der Waals surface area (Å²) in [6, 6.07) is 1.88. The second-order valence-corrected chi connectivity index (χ2v) is 3.72. The first-order chi connectivity index (χ1) is 5.74. The SMILES string of the molecule is NCC(=O)NCc1ccsc1Cl. The molecule has 1 aromatic heterocycles. The molecule has 0 radical (unpaired) electrons. The minimum Gasteiger partial charge on any atom is -0.351 e. The fourth-order valence-corrected chi connectivity index (χ4v) is 1.64. The maximum absolute atomic E-state index is 10.7. The van der Waals surface area contributed by atoms with Crippen molar-refractivity contribution in [2.75, 3.05) is 6.54 Å². The van der Waals surface area contributed by atoms with Crippen LogP contribution >= 0.6 is 22.9 Å². The van der Waals surface area contributed by atoms with Gasteiger partial charge in [0.2, 0.25) is 5.91 Å². The van der Waals surface area contributed by atoms with Gasteiger partial charge in [-0.15, -0.1) is 11.3 Å². The van der Waals surface area contributed by atoms with E-state index in [0.717, 1.165) is 5.56 Å². The van der Waals surface area contributed by atoms with Gasteiger partial charge in [-0.2, -0.15) is 0 Å². The van der Waals surface area contributed by atoms with Crippen molar-refractivity contribution in [1.29, 1.82) is 0 Å². The summed E-state index contributed by atoms with van der Waals surface area (Å²) in [6.07, 6.45) is 0. The van der Waals surface area contributed by atoms with Crippen molar-refractivity contribution in [3.05, 3.63) is 21.3 Å². The van der Waals surface area contributed by atoms with Crippen molar-refractivity contribution < 1.29 is 4.79 Å². The number of rotatable bonds is 3. The number of nitrogens with one attached hydrogen (secondary N) is 1. The molecule has 1 aromatic rings. The average Bonchev–Trinajstić information content (AvgIpc) is 2.47. The summed E-state index contributed by atoms with van der Waals surface area (Å²) in [6.45, 7) is 0.472. The van der Waals surface area contributed by atoms with Crippen LogP contribution in [-0.4, -0.2) is 12.5 Å². The standard InChI is InChI=1S/C7H9ClN2OS/c8-7-5(1-2-12-7)4-10-6(11)3-9/h1-2H,3-4,9H2,(H,10,11). The summed E-state index contributed by atoms with van der Waals surface area (Å²) >= 11 is 7.25. The zero-order valence-electron chi connectivity index (χ0n) is 6.34. The summed E-state index contributed by atoms with van der Waals surface area (Å²) in [5.41, 5.74) is 6.04. The van der Waals surface area contributed by atoms with Crippen LogP contribution in [-0.2, 0) is 11.3 Å². The Morgan fingerprint density at radius 3 is 3.00 bits per heavy atom. The molecule has 0 bridgehead atoms. The molecule has 1 amide bonds. The monoisotopic (exact) mass is 204 g/mol. The molecule has 0 saturated heterocycles. The minimum absolute atomic E-state index is 0.0156. The predicted octanol–water partition coefficient (Wildman–Crippen LogP) is 0.976. The summed E-state index contributed by atoms with van der Waals surface area (Å²) in [7, 11) is 0. The van der Waals surface area contributed by atoms with Gasteiger partial charge < -0.3 is 11.1 Å². The Kier molecular flexibility index (Phi) is 3.52. The molecule has 0 unspecified atom stereocenters. The zero-order chi connectivity index (χ0) is 8.97. The molecule has 0 aromatic carbocycles. The molecular weight excluding hydrogens is 196 g/mol. The van der Waals surface area contributed by atoms with E-state index in [1.165, 1.54) is 11.3 Å². The van der Waals surface area contributed by atoms with Gasteiger partial charge in [-0.05, 0) is 11.4 Å². The van der Waals surface area contributed by atoms with Gasteiger partial charge in [0.25, 0.3) is 0 Å². The molecule has 5 heteroatoms. The second kappa shape index (κ2) is 4.45. The van der Waals surface area contributed by atoms with Crippen molar-refractivity contribution in [2.24, 2.45) is 5.73 Å². The summed E-state index contributed by atoms with van der Waals surface area (Å²) < 4.78 is 0.715. The Balaban J connectivity index is 2.43. The third-order valence-electron chi connectivity index (χ3n) is 1.35. The van der Waals surface area contributed by atoms with Crippen LogP contribution in [0.3, 0.4) is 0 Å². The number of amides is 1. The Hall–Kier alpha value is -0.580. The van der Waals surface area contributed by atoms with Gasteiger partial charge in [0.05, 0.1) is 10.9 Å². The zero-order valence-corrected chi connectivity index (χ0v) is 7.91. The van der Waals surface area contributed by atoms with Crippen LogP contribution in [0.25, 0.3) is 0 Å². The summed E-state index contributed by atoms with van der Waals surface area (Å²) in [5, 5.41) is 4.52. The van der Waals surface area contributed by atoms with Crippen LogP contribution in [0.1, 0.15) is 5.56 Å². The first-order valence-electron chi connectivity index (χ1n) is 3.42. The van der Waals surface area contributed by atoms with Crippen molar-refractivity contribution >= 4 is 28.8 Å². The molecule has 0 fully saturated rings. The third kappa shape index (κ3) is 2.48. The Bertz CT molecular complexity index is 274. The molecule has 0 saturated carbocycles. The van der Waals surface area contributed by atoms with E-state index in [1.54, 1.807) is 0 Å². The van der Waals surface area contributed by atoms with Gasteiger partial charge in [0, 0.05) is 12.1 Å². The van der Waals surface area contributed by atoms with Crippen LogP contribution in [0.5, 0.6) is 0 Å². The highest BCUT2D eigenvalue weighted by Crippen LogP contribution is 2.22. The molecule has 0 aliphatic carbocycles. The number of halogens is 1. The lowest BCUT2D eigenvalue weighted by molar-refractivity contribution is -0.119. The molecular formula is C7H9ClN2OS. The van der Waals surface area contributed by atoms with Crippen LogP contribution < -0.4 is 11.1 Å². The molecule has 0 spiro atoms. The molecule has 3 N–H and O–H groups in total. The molecule has 66 valence electrons. The van der Waals surface area contributed by atoms with Gasteiger partial charge in [0.1, 0.15) is 0 Å². The summed E-state index contributed by atoms with van der Waals surface area (Å²) in [4.78, 5) is 10.7. The van der Waals surface area contributed by atoms with Crippen molar-refractivity contribution in [3.63, 3.8) is 0 Å². The van der Waals surface area contributed by atoms with Gasteiger partial charge in [-0.1, -0.05) is 11.6 Å². The maximum Gasteiger partial charge on any atom is 0.234 e. The van der Waals surface area contributed by atoms with Gasteiger partial charge >= 0.3 is 0 Å². The number of nitrogens with two attached hydrogens (primary N) is 1. The lowest BCUT2D eigenvalue weighted by Crippen LogP contribution is -2.29. The van der Waals surface area contributed by atoms with E-state index in [4.69, 9.17) is 17.3 Å². The fraction of sp³-hybridized carbons (Fsp3) is 0.286. The smallest absolute Gasteiger partial charge is 0.234 e. The van der Waals surface area contributed by atoms with Gasteiger partial charge in [-0.25, -0.2) is 0 Å². The number of carbonyl (C=O) groups excluding carboxylic acids is 1. The first-order valence-corrected chi connectivity index (χ1v) is 4.68. The van der Waals surface area contributed by atoms with Crippen molar-refractivity contribution in [2.45, 2.75) is 6.54 Å². The highest BCUT2D eigenvalue weighted by molar-refractivity contribution is 7.14. The van der Waals surface area contributed by atoms with E-state index in [1.807, 2.05) is 11.4 Å². The average molecular weight is 205 g/mol. The third-order valence-corrected chi connectivity index (χ3v) is 2.61. The van der Waals surface area contributed by atoms with E-state index < -0.39 is 0 Å². The van der Waals surface area contributed by atoms with Crippen molar-refractivity contribution in [1.82, 2.24) is 5.32 Å². The van der Waals surface area contributed by atoms with Gasteiger partial charge in [0.15, 0.2) is 0 Å². The molecule has 1 heterocycles. The van der Waals surface area contributed by atoms with E-state index in [9.17, 15) is 4.79 Å². The van der Waals surface area contributed by atoms with Crippen LogP contribution in [0, 0.1) is 0 Å². The highest BCUT2D eigenvalue weighted by Gasteiger charge is 2.02. The van der Waals surface area contributed by atoms with Crippen LogP contribution in [0.4, 0.5) is 0 Å². The van der Waals surface area contributed by atoms with E-state index in [0.29, 0.717) is 10.9 Å². The van der Waals surface area contributed by atoms with E-state index in [-0.39, 0.29) is 12.5 Å². The molecule has 0 aliphatic heterocycles. The number of carbonyl (C=O) groups is 1. The Morgan fingerprint density at radius 1 is 1.75 bits per heavy atom. The predicted molar refractivity (Wildman–Crippen MR) is 50.2 cm³/mol. The molecule has 12 heavy (non-hydrogen) atoms. The van der Waals surface area contributed by atoms with Crippen LogP contribution in [0.2, 0.25) is 4.34 Å². The molecule has 0 atom stereocenters. The molecule has 0 aliphatic rings. The first kappa shape index (κ1) is 9.51. The largest absolute Gasteiger partial charge is 0.351 e. The second-order valence-electron chi connectivity index (χ2n) is 2.20. The highest BCUT2D eigenvalue weighted by atomic mass is 35.5. The lowest BCUT2D eigenvalue weighted by Gasteiger charge is -2.00. The quantitative estimate of drug-likeness (QED) is 0.771. The number of hydrogen-bond acceptors (Lipinski definition) is 3. The molecule has 3 nitrogen and oxygen atoms in total. The summed E-state index contributed by atoms with van der Waals surface area (Å²) in [5.74, 6) is -0.169. The van der Waals surface area contributed by atoms with E-state index >= 15 is 0 Å². The number of thiophene rings is 1. The Labute approximate surface area is 79.5 Å². The van der Waals surface area contributed by atoms with Crippen molar-refractivity contribution in [3.8, 4) is 0 Å². The maximum atomic E-state index is 10.7. The molecule has 1 rings (SSSR count). The topological polar surface area (TPSA) is 55.1 Å². The normalized spacial score (nSPS) is 9.83. The fourth-order valence-electron chi connectivity index (χ4n) is 0.711. The Morgan fingerprint density at radius 2 is 2.50 bits per heavy atom. The van der Waals surface area contributed by atoms with Crippen LogP contribution in [0.15, 0.2) is 11.4 Å². The van der Waals surface area contributed by atoms with Gasteiger partial charge in [-0.3, -0.25) is 4.79 Å².